The molecule has 2 atom stereocenters. The van der Waals surface area contributed by atoms with Crippen LogP contribution in [0.3, 0.4) is 0 Å². The van der Waals surface area contributed by atoms with Gasteiger partial charge in [0, 0.05) is 12.0 Å². The molecule has 116 valence electrons. The smallest absolute Gasteiger partial charge is 0.223 e. The van der Waals surface area contributed by atoms with Crippen molar-refractivity contribution in [2.75, 3.05) is 6.54 Å². The van der Waals surface area contributed by atoms with Gasteiger partial charge in [0.2, 0.25) is 5.91 Å². The van der Waals surface area contributed by atoms with Gasteiger partial charge in [-0.15, -0.1) is 0 Å². The van der Waals surface area contributed by atoms with Crippen LogP contribution in [0.15, 0.2) is 0 Å². The van der Waals surface area contributed by atoms with Gasteiger partial charge in [0.1, 0.15) is 0 Å². The fourth-order valence-corrected chi connectivity index (χ4v) is 4.02. The van der Waals surface area contributed by atoms with Crippen LogP contribution in [-0.2, 0) is 4.79 Å². The lowest BCUT2D eigenvalue weighted by Gasteiger charge is -2.29. The van der Waals surface area contributed by atoms with Crippen molar-refractivity contribution in [1.82, 2.24) is 5.32 Å². The Balaban J connectivity index is 1.71. The zero-order chi connectivity index (χ0) is 14.4. The van der Waals surface area contributed by atoms with Crippen molar-refractivity contribution >= 4 is 5.91 Å². The summed E-state index contributed by atoms with van der Waals surface area (Å²) in [7, 11) is 0. The average Bonchev–Trinajstić information content (AvgIpc) is 2.92. The van der Waals surface area contributed by atoms with Crippen LogP contribution < -0.4 is 11.1 Å². The fourth-order valence-electron chi connectivity index (χ4n) is 4.02. The molecule has 0 saturated heterocycles. The van der Waals surface area contributed by atoms with E-state index in [0.29, 0.717) is 24.4 Å². The zero-order valence-corrected chi connectivity index (χ0v) is 13.1. The third kappa shape index (κ3) is 4.21. The number of amides is 1. The third-order valence-electron chi connectivity index (χ3n) is 5.47. The minimum atomic E-state index is 0.270. The molecule has 3 nitrogen and oxygen atoms in total. The van der Waals surface area contributed by atoms with Gasteiger partial charge in [0.25, 0.3) is 0 Å². The molecular weight excluding hydrogens is 248 g/mol. The van der Waals surface area contributed by atoms with Crippen LogP contribution in [0, 0.1) is 17.8 Å². The van der Waals surface area contributed by atoms with Crippen LogP contribution in [-0.4, -0.2) is 18.5 Å². The first kappa shape index (κ1) is 15.8. The van der Waals surface area contributed by atoms with Crippen LogP contribution in [0.5, 0.6) is 0 Å². The molecule has 3 heteroatoms. The predicted molar refractivity (Wildman–Crippen MR) is 83.3 cm³/mol. The van der Waals surface area contributed by atoms with Crippen molar-refractivity contribution < 1.29 is 4.79 Å². The number of hydrogen-bond donors (Lipinski definition) is 2. The highest BCUT2D eigenvalue weighted by Crippen LogP contribution is 2.32. The number of carbonyl (C=O) groups excluding carboxylic acids is 1. The lowest BCUT2D eigenvalue weighted by Crippen LogP contribution is -2.43. The standard InChI is InChI=1S/C17H32N2O/c1-2-3-5-13-8-10-14(11-9-13)17(20)19-16-7-4-6-15(16)12-18/h13-16H,2-12,18H2,1H3,(H,19,20). The van der Waals surface area contributed by atoms with E-state index in [0.717, 1.165) is 25.2 Å². The number of unbranched alkanes of at least 4 members (excludes halogenated alkanes) is 1. The van der Waals surface area contributed by atoms with Crippen LogP contribution in [0.25, 0.3) is 0 Å². The minimum absolute atomic E-state index is 0.270. The van der Waals surface area contributed by atoms with E-state index in [1.807, 2.05) is 0 Å². The highest BCUT2D eigenvalue weighted by molar-refractivity contribution is 5.79. The zero-order valence-electron chi connectivity index (χ0n) is 13.1. The van der Waals surface area contributed by atoms with E-state index in [1.54, 1.807) is 0 Å². The summed E-state index contributed by atoms with van der Waals surface area (Å²) in [5.74, 6) is 1.97. The SMILES string of the molecule is CCCCC1CCC(C(=O)NC2CCCC2CN)CC1. The Labute approximate surface area is 124 Å². The van der Waals surface area contributed by atoms with Gasteiger partial charge in [-0.2, -0.15) is 0 Å². The monoisotopic (exact) mass is 280 g/mol. The van der Waals surface area contributed by atoms with E-state index < -0.39 is 0 Å². The normalized spacial score (nSPS) is 34.1. The van der Waals surface area contributed by atoms with Crippen molar-refractivity contribution in [2.45, 2.75) is 77.2 Å². The summed E-state index contributed by atoms with van der Waals surface area (Å²) < 4.78 is 0. The summed E-state index contributed by atoms with van der Waals surface area (Å²) in [5.41, 5.74) is 5.79. The molecule has 0 bridgehead atoms. The summed E-state index contributed by atoms with van der Waals surface area (Å²) >= 11 is 0. The van der Waals surface area contributed by atoms with Crippen LogP contribution in [0.2, 0.25) is 0 Å². The van der Waals surface area contributed by atoms with E-state index in [4.69, 9.17) is 5.73 Å². The van der Waals surface area contributed by atoms with Gasteiger partial charge in [0.05, 0.1) is 0 Å². The minimum Gasteiger partial charge on any atom is -0.353 e. The van der Waals surface area contributed by atoms with Crippen molar-refractivity contribution in [3.63, 3.8) is 0 Å². The van der Waals surface area contributed by atoms with Crippen LogP contribution in [0.4, 0.5) is 0 Å². The van der Waals surface area contributed by atoms with E-state index in [9.17, 15) is 4.79 Å². The number of carbonyl (C=O) groups is 1. The molecule has 0 aromatic rings. The number of hydrogen-bond acceptors (Lipinski definition) is 2. The second kappa shape index (κ2) is 8.02. The second-order valence-electron chi connectivity index (χ2n) is 6.90. The Kier molecular flexibility index (Phi) is 6.34. The summed E-state index contributed by atoms with van der Waals surface area (Å²) in [5, 5.41) is 3.29. The first-order valence-corrected chi connectivity index (χ1v) is 8.75. The van der Waals surface area contributed by atoms with Gasteiger partial charge in [-0.25, -0.2) is 0 Å². The summed E-state index contributed by atoms with van der Waals surface area (Å²) in [6.45, 7) is 2.98. The summed E-state index contributed by atoms with van der Waals surface area (Å²) in [4.78, 5) is 12.4. The number of nitrogens with one attached hydrogen (secondary N) is 1. The Morgan fingerprint density at radius 3 is 2.55 bits per heavy atom. The van der Waals surface area contributed by atoms with E-state index in [-0.39, 0.29) is 5.92 Å². The molecule has 1 amide bonds. The predicted octanol–water partition coefficient (Wildman–Crippen LogP) is 3.23. The Bertz CT molecular complexity index is 297. The number of nitrogens with two attached hydrogens (primary N) is 1. The van der Waals surface area contributed by atoms with Gasteiger partial charge < -0.3 is 11.1 Å². The van der Waals surface area contributed by atoms with Gasteiger partial charge in [-0.3, -0.25) is 4.79 Å². The molecule has 0 aliphatic heterocycles. The molecule has 2 fully saturated rings. The Hall–Kier alpha value is -0.570. The van der Waals surface area contributed by atoms with Gasteiger partial charge >= 0.3 is 0 Å². The van der Waals surface area contributed by atoms with Crippen LogP contribution >= 0.6 is 0 Å². The first-order chi connectivity index (χ1) is 9.74. The molecule has 3 N–H and O–H groups in total. The molecule has 2 unspecified atom stereocenters. The molecule has 0 aromatic carbocycles. The third-order valence-corrected chi connectivity index (χ3v) is 5.47. The Morgan fingerprint density at radius 1 is 1.15 bits per heavy atom. The van der Waals surface area contributed by atoms with Crippen molar-refractivity contribution in [3.05, 3.63) is 0 Å². The van der Waals surface area contributed by atoms with Crippen molar-refractivity contribution in [2.24, 2.45) is 23.5 Å². The lowest BCUT2D eigenvalue weighted by atomic mass is 9.79. The molecular formula is C17H32N2O. The summed E-state index contributed by atoms with van der Waals surface area (Å²) in [6.07, 6.45) is 12.2. The molecule has 2 rings (SSSR count). The second-order valence-corrected chi connectivity index (χ2v) is 6.90. The largest absolute Gasteiger partial charge is 0.353 e. The van der Waals surface area contributed by atoms with E-state index >= 15 is 0 Å². The van der Waals surface area contributed by atoms with E-state index in [2.05, 4.69) is 12.2 Å². The number of rotatable bonds is 6. The molecule has 2 saturated carbocycles. The maximum absolute atomic E-state index is 12.4. The average molecular weight is 280 g/mol. The lowest BCUT2D eigenvalue weighted by molar-refractivity contribution is -0.127. The van der Waals surface area contributed by atoms with Gasteiger partial charge in [-0.05, 0) is 56.9 Å². The molecule has 20 heavy (non-hydrogen) atoms. The molecule has 0 spiro atoms. The molecule has 0 aromatic heterocycles. The van der Waals surface area contributed by atoms with Crippen LogP contribution in [0.1, 0.15) is 71.1 Å². The van der Waals surface area contributed by atoms with Gasteiger partial charge in [0.15, 0.2) is 0 Å². The molecule has 2 aliphatic carbocycles. The maximum atomic E-state index is 12.4. The molecule has 0 radical (unpaired) electrons. The topological polar surface area (TPSA) is 55.1 Å². The molecule has 0 heterocycles. The highest BCUT2D eigenvalue weighted by atomic mass is 16.1. The summed E-state index contributed by atoms with van der Waals surface area (Å²) in [6, 6.07) is 0.352. The maximum Gasteiger partial charge on any atom is 0.223 e. The Morgan fingerprint density at radius 2 is 1.90 bits per heavy atom. The first-order valence-electron chi connectivity index (χ1n) is 8.75. The van der Waals surface area contributed by atoms with Crippen molar-refractivity contribution in [3.8, 4) is 0 Å². The quantitative estimate of drug-likeness (QED) is 0.785. The highest BCUT2D eigenvalue weighted by Gasteiger charge is 2.31. The van der Waals surface area contributed by atoms with Gasteiger partial charge in [-0.1, -0.05) is 32.6 Å². The van der Waals surface area contributed by atoms with E-state index in [1.165, 1.54) is 44.9 Å². The fraction of sp³-hybridized carbons (Fsp3) is 0.941. The molecule has 2 aliphatic rings. The van der Waals surface area contributed by atoms with Crippen molar-refractivity contribution in [1.29, 1.82) is 0 Å².